The Balaban J connectivity index is 1.78. The molecular formula is C16H16N2O3S. The fourth-order valence-corrected chi connectivity index (χ4v) is 3.29. The number of esters is 1. The normalized spacial score (nSPS) is 13.7. The molecule has 22 heavy (non-hydrogen) atoms. The average Bonchev–Trinajstić information content (AvgIpc) is 3.29. The van der Waals surface area contributed by atoms with E-state index in [1.54, 1.807) is 24.3 Å². The largest absolute Gasteiger partial charge is 0.465 e. The summed E-state index contributed by atoms with van der Waals surface area (Å²) in [6.45, 7) is 1.85. The molecule has 114 valence electrons. The van der Waals surface area contributed by atoms with Crippen molar-refractivity contribution in [2.24, 2.45) is 0 Å². The first-order chi connectivity index (χ1) is 10.6. The van der Waals surface area contributed by atoms with Crippen LogP contribution in [0.15, 0.2) is 24.3 Å². The number of methoxy groups -OCH3 is 1. The number of hydrogen-bond donors (Lipinski definition) is 1. The zero-order valence-electron chi connectivity index (χ0n) is 12.4. The second-order valence-electron chi connectivity index (χ2n) is 5.27. The van der Waals surface area contributed by atoms with E-state index in [-0.39, 0.29) is 5.91 Å². The lowest BCUT2D eigenvalue weighted by atomic mass is 10.2. The number of aryl methyl sites for hydroxylation is 1. The van der Waals surface area contributed by atoms with Crippen LogP contribution in [0, 0.1) is 6.92 Å². The van der Waals surface area contributed by atoms with Gasteiger partial charge in [0, 0.05) is 11.6 Å². The molecule has 1 fully saturated rings. The van der Waals surface area contributed by atoms with Crippen LogP contribution in [0.5, 0.6) is 0 Å². The molecule has 1 aromatic carbocycles. The van der Waals surface area contributed by atoms with Gasteiger partial charge < -0.3 is 10.1 Å². The van der Waals surface area contributed by atoms with Crippen molar-refractivity contribution < 1.29 is 14.3 Å². The van der Waals surface area contributed by atoms with Crippen LogP contribution in [0.3, 0.4) is 0 Å². The third-order valence-corrected chi connectivity index (χ3v) is 4.81. The topological polar surface area (TPSA) is 68.3 Å². The first-order valence-corrected chi connectivity index (χ1v) is 7.87. The van der Waals surface area contributed by atoms with Gasteiger partial charge in [-0.05, 0) is 38.0 Å². The van der Waals surface area contributed by atoms with Gasteiger partial charge in [-0.3, -0.25) is 4.79 Å². The van der Waals surface area contributed by atoms with Gasteiger partial charge >= 0.3 is 5.97 Å². The summed E-state index contributed by atoms with van der Waals surface area (Å²) in [6.07, 6.45) is 2.32. The molecule has 0 radical (unpaired) electrons. The third kappa shape index (κ3) is 3.01. The van der Waals surface area contributed by atoms with Gasteiger partial charge in [0.05, 0.1) is 23.4 Å². The predicted octanol–water partition coefficient (Wildman–Crippen LogP) is 3.37. The Morgan fingerprint density at radius 2 is 2.14 bits per heavy atom. The van der Waals surface area contributed by atoms with E-state index in [1.165, 1.54) is 18.4 Å². The SMILES string of the molecule is COC(=O)c1cccc(NC(=O)c2sc(C3CC3)nc2C)c1. The minimum Gasteiger partial charge on any atom is -0.465 e. The number of ether oxygens (including phenoxy) is 1. The van der Waals surface area contributed by atoms with E-state index in [2.05, 4.69) is 15.0 Å². The number of anilines is 1. The van der Waals surface area contributed by atoms with Crippen LogP contribution in [0.25, 0.3) is 0 Å². The quantitative estimate of drug-likeness (QED) is 0.878. The van der Waals surface area contributed by atoms with E-state index in [9.17, 15) is 9.59 Å². The Kier molecular flexibility index (Phi) is 3.94. The third-order valence-electron chi connectivity index (χ3n) is 3.49. The molecule has 3 rings (SSSR count). The molecule has 0 bridgehead atoms. The van der Waals surface area contributed by atoms with Gasteiger partial charge in [-0.2, -0.15) is 0 Å². The van der Waals surface area contributed by atoms with Gasteiger partial charge in [0.25, 0.3) is 5.91 Å². The van der Waals surface area contributed by atoms with E-state index in [4.69, 9.17) is 0 Å². The van der Waals surface area contributed by atoms with Crippen LogP contribution in [-0.2, 0) is 4.74 Å². The first-order valence-electron chi connectivity index (χ1n) is 7.05. The maximum absolute atomic E-state index is 12.4. The van der Waals surface area contributed by atoms with Crippen molar-refractivity contribution >= 4 is 28.9 Å². The molecule has 1 amide bonds. The second-order valence-corrected chi connectivity index (χ2v) is 6.30. The van der Waals surface area contributed by atoms with E-state index in [0.717, 1.165) is 23.5 Å². The molecule has 2 aromatic rings. The molecule has 1 aromatic heterocycles. The highest BCUT2D eigenvalue weighted by molar-refractivity contribution is 7.14. The number of carbonyl (C=O) groups is 2. The summed E-state index contributed by atoms with van der Waals surface area (Å²) in [5.41, 5.74) is 1.72. The van der Waals surface area contributed by atoms with Crippen LogP contribution < -0.4 is 5.32 Å². The number of nitrogens with one attached hydrogen (secondary N) is 1. The van der Waals surface area contributed by atoms with Crippen LogP contribution in [0.4, 0.5) is 5.69 Å². The highest BCUT2D eigenvalue weighted by Crippen LogP contribution is 2.42. The minimum absolute atomic E-state index is 0.191. The molecule has 0 saturated heterocycles. The van der Waals surface area contributed by atoms with Crippen molar-refractivity contribution in [3.05, 3.63) is 45.4 Å². The zero-order chi connectivity index (χ0) is 15.7. The minimum atomic E-state index is -0.430. The number of benzene rings is 1. The summed E-state index contributed by atoms with van der Waals surface area (Å²) >= 11 is 1.46. The molecule has 0 unspecified atom stereocenters. The standard InChI is InChI=1S/C16H16N2O3S/c1-9-13(22-15(17-9)10-6-7-10)14(19)18-12-5-3-4-11(8-12)16(20)21-2/h3-5,8,10H,6-7H2,1-2H3,(H,18,19). The zero-order valence-corrected chi connectivity index (χ0v) is 13.2. The Hall–Kier alpha value is -2.21. The summed E-state index contributed by atoms with van der Waals surface area (Å²) in [5, 5.41) is 3.86. The van der Waals surface area contributed by atoms with E-state index >= 15 is 0 Å². The second kappa shape index (κ2) is 5.88. The fourth-order valence-electron chi connectivity index (χ4n) is 2.16. The lowest BCUT2D eigenvalue weighted by Crippen LogP contribution is -2.12. The molecule has 0 atom stereocenters. The summed E-state index contributed by atoms with van der Waals surface area (Å²) in [5.74, 6) is -0.0853. The Morgan fingerprint density at radius 3 is 2.82 bits per heavy atom. The van der Waals surface area contributed by atoms with Gasteiger partial charge in [-0.25, -0.2) is 9.78 Å². The maximum Gasteiger partial charge on any atom is 0.337 e. The highest BCUT2D eigenvalue weighted by atomic mass is 32.1. The van der Waals surface area contributed by atoms with E-state index in [1.807, 2.05) is 6.92 Å². The smallest absolute Gasteiger partial charge is 0.337 e. The lowest BCUT2D eigenvalue weighted by molar-refractivity contribution is 0.0600. The van der Waals surface area contributed by atoms with Crippen molar-refractivity contribution in [1.29, 1.82) is 0 Å². The van der Waals surface area contributed by atoms with Crippen molar-refractivity contribution in [2.45, 2.75) is 25.7 Å². The van der Waals surface area contributed by atoms with Crippen LogP contribution in [0.2, 0.25) is 0 Å². The van der Waals surface area contributed by atoms with E-state index < -0.39 is 5.97 Å². The monoisotopic (exact) mass is 316 g/mol. The molecular weight excluding hydrogens is 300 g/mol. The molecule has 1 aliphatic carbocycles. The molecule has 6 heteroatoms. The maximum atomic E-state index is 12.4. The summed E-state index contributed by atoms with van der Waals surface area (Å²) < 4.78 is 4.68. The number of nitrogens with zero attached hydrogens (tertiary/aromatic N) is 1. The number of carbonyl (C=O) groups excluding carboxylic acids is 2. The summed E-state index contributed by atoms with van der Waals surface area (Å²) in [7, 11) is 1.33. The number of aromatic nitrogens is 1. The van der Waals surface area contributed by atoms with Crippen molar-refractivity contribution in [3.8, 4) is 0 Å². The number of amides is 1. The molecule has 1 aliphatic rings. The Labute approximate surface area is 132 Å². The van der Waals surface area contributed by atoms with Gasteiger partial charge in [0.15, 0.2) is 0 Å². The van der Waals surface area contributed by atoms with Gasteiger partial charge in [-0.1, -0.05) is 6.07 Å². The number of thiazole rings is 1. The van der Waals surface area contributed by atoms with Crippen LogP contribution in [0.1, 0.15) is 49.5 Å². The molecule has 1 saturated carbocycles. The van der Waals surface area contributed by atoms with Gasteiger partial charge in [0.2, 0.25) is 0 Å². The lowest BCUT2D eigenvalue weighted by Gasteiger charge is -2.06. The molecule has 5 nitrogen and oxygen atoms in total. The van der Waals surface area contributed by atoms with E-state index in [0.29, 0.717) is 22.0 Å². The summed E-state index contributed by atoms with van der Waals surface area (Å²) in [6, 6.07) is 6.69. The summed E-state index contributed by atoms with van der Waals surface area (Å²) in [4.78, 5) is 29.0. The predicted molar refractivity (Wildman–Crippen MR) is 84.6 cm³/mol. The molecule has 1 N–H and O–H groups in total. The van der Waals surface area contributed by atoms with Gasteiger partial charge in [-0.15, -0.1) is 11.3 Å². The average molecular weight is 316 g/mol. The number of rotatable bonds is 4. The first kappa shape index (κ1) is 14.7. The highest BCUT2D eigenvalue weighted by Gasteiger charge is 2.29. The molecule has 1 heterocycles. The Morgan fingerprint density at radius 1 is 1.36 bits per heavy atom. The van der Waals surface area contributed by atoms with Crippen molar-refractivity contribution in [3.63, 3.8) is 0 Å². The van der Waals surface area contributed by atoms with Crippen LogP contribution >= 0.6 is 11.3 Å². The molecule has 0 spiro atoms. The van der Waals surface area contributed by atoms with Crippen molar-refractivity contribution in [1.82, 2.24) is 4.98 Å². The van der Waals surface area contributed by atoms with Crippen molar-refractivity contribution in [2.75, 3.05) is 12.4 Å². The van der Waals surface area contributed by atoms with Crippen LogP contribution in [-0.4, -0.2) is 24.0 Å². The number of hydrogen-bond acceptors (Lipinski definition) is 5. The van der Waals surface area contributed by atoms with Gasteiger partial charge in [0.1, 0.15) is 4.88 Å². The Bertz CT molecular complexity index is 735. The molecule has 0 aliphatic heterocycles. The fraction of sp³-hybridized carbons (Fsp3) is 0.312.